The van der Waals surface area contributed by atoms with Crippen molar-refractivity contribution in [1.82, 2.24) is 5.32 Å². The molecule has 1 amide bonds. The molecule has 1 aliphatic carbocycles. The third-order valence-electron chi connectivity index (χ3n) is 3.27. The van der Waals surface area contributed by atoms with Gasteiger partial charge in [0.05, 0.1) is 12.0 Å². The second-order valence-corrected chi connectivity index (χ2v) is 6.47. The Labute approximate surface area is 106 Å². The molecule has 16 heavy (non-hydrogen) atoms. The van der Waals surface area contributed by atoms with Gasteiger partial charge < -0.3 is 10.1 Å². The number of halogens is 1. The summed E-state index contributed by atoms with van der Waals surface area (Å²) in [5.41, 5.74) is -0.163. The smallest absolute Gasteiger partial charge is 0.223 e. The Morgan fingerprint density at radius 3 is 2.50 bits per heavy atom. The van der Waals surface area contributed by atoms with E-state index < -0.39 is 0 Å². The molecule has 94 valence electrons. The predicted molar refractivity (Wildman–Crippen MR) is 68.8 cm³/mol. The highest BCUT2D eigenvalue weighted by molar-refractivity contribution is 9.09. The van der Waals surface area contributed by atoms with Gasteiger partial charge in [-0.15, -0.1) is 0 Å². The molecule has 2 unspecified atom stereocenters. The van der Waals surface area contributed by atoms with E-state index in [0.717, 1.165) is 19.3 Å². The van der Waals surface area contributed by atoms with Gasteiger partial charge in [-0.25, -0.2) is 0 Å². The van der Waals surface area contributed by atoms with E-state index in [1.54, 1.807) is 7.11 Å². The first-order chi connectivity index (χ1) is 7.47. The summed E-state index contributed by atoms with van der Waals surface area (Å²) in [6, 6.07) is 0.218. The Hall–Kier alpha value is -0.0900. The van der Waals surface area contributed by atoms with Crippen LogP contribution in [-0.2, 0) is 9.53 Å². The van der Waals surface area contributed by atoms with Gasteiger partial charge in [-0.05, 0) is 32.6 Å². The Balaban J connectivity index is 2.29. The first-order valence-electron chi connectivity index (χ1n) is 5.96. The number of hydrogen-bond acceptors (Lipinski definition) is 2. The maximum absolute atomic E-state index is 11.8. The van der Waals surface area contributed by atoms with Gasteiger partial charge in [-0.1, -0.05) is 22.9 Å². The summed E-state index contributed by atoms with van der Waals surface area (Å²) < 4.78 is 5.44. The minimum Gasteiger partial charge on any atom is -0.378 e. The minimum absolute atomic E-state index is 0.113. The largest absolute Gasteiger partial charge is 0.378 e. The third-order valence-corrected chi connectivity index (χ3v) is 3.64. The van der Waals surface area contributed by atoms with Crippen molar-refractivity contribution in [1.29, 1.82) is 0 Å². The van der Waals surface area contributed by atoms with E-state index in [1.165, 1.54) is 6.42 Å². The number of carbonyl (C=O) groups is 1. The number of nitrogens with one attached hydrogen (secondary N) is 1. The maximum Gasteiger partial charge on any atom is 0.223 e. The minimum atomic E-state index is -0.163. The molecule has 0 heterocycles. The fraction of sp³-hybridized carbons (Fsp3) is 0.917. The molecule has 0 aromatic carbocycles. The lowest BCUT2D eigenvalue weighted by Gasteiger charge is -2.40. The van der Waals surface area contributed by atoms with Crippen LogP contribution in [0.2, 0.25) is 0 Å². The molecule has 1 rings (SSSR count). The van der Waals surface area contributed by atoms with Crippen LogP contribution in [0.3, 0.4) is 0 Å². The van der Waals surface area contributed by atoms with E-state index in [1.807, 2.05) is 6.92 Å². The molecular weight excluding hydrogens is 270 g/mol. The van der Waals surface area contributed by atoms with E-state index in [9.17, 15) is 4.79 Å². The zero-order chi connectivity index (χ0) is 12.2. The molecule has 2 atom stereocenters. The van der Waals surface area contributed by atoms with Crippen LogP contribution in [-0.4, -0.2) is 29.5 Å². The second kappa shape index (κ2) is 6.01. The number of rotatable bonds is 6. The molecule has 4 heteroatoms. The van der Waals surface area contributed by atoms with Crippen LogP contribution in [0.1, 0.15) is 46.0 Å². The predicted octanol–water partition coefficient (Wildman–Crippen LogP) is 2.62. The van der Waals surface area contributed by atoms with E-state index in [0.29, 0.717) is 11.2 Å². The first kappa shape index (κ1) is 14.0. The number of amides is 1. The van der Waals surface area contributed by atoms with Gasteiger partial charge in [0.2, 0.25) is 5.91 Å². The van der Waals surface area contributed by atoms with Crippen molar-refractivity contribution in [2.24, 2.45) is 0 Å². The molecule has 0 saturated heterocycles. The van der Waals surface area contributed by atoms with Gasteiger partial charge in [0.25, 0.3) is 0 Å². The topological polar surface area (TPSA) is 38.3 Å². The highest BCUT2D eigenvalue weighted by Crippen LogP contribution is 2.37. The van der Waals surface area contributed by atoms with Crippen molar-refractivity contribution in [2.75, 3.05) is 7.11 Å². The molecular formula is C12H22BrNO2. The van der Waals surface area contributed by atoms with Crippen LogP contribution in [0.15, 0.2) is 0 Å². The molecule has 0 aromatic rings. The Morgan fingerprint density at radius 1 is 1.50 bits per heavy atom. The Morgan fingerprint density at radius 2 is 2.12 bits per heavy atom. The van der Waals surface area contributed by atoms with Crippen LogP contribution >= 0.6 is 15.9 Å². The quantitative estimate of drug-likeness (QED) is 0.764. The normalized spacial score (nSPS) is 22.0. The summed E-state index contributed by atoms with van der Waals surface area (Å²) >= 11 is 3.49. The van der Waals surface area contributed by atoms with E-state index in [4.69, 9.17) is 4.74 Å². The standard InChI is InChI=1S/C12H22BrNO2/c1-9(13)7-10(2)14-11(15)8-12(16-3)5-4-6-12/h9-10H,4-8H2,1-3H3,(H,14,15). The molecule has 1 saturated carbocycles. The molecule has 0 aromatic heterocycles. The molecule has 0 spiro atoms. The van der Waals surface area contributed by atoms with E-state index in [2.05, 4.69) is 28.2 Å². The average Bonchev–Trinajstić information content (AvgIpc) is 2.09. The molecule has 0 radical (unpaired) electrons. The molecule has 1 fully saturated rings. The van der Waals surface area contributed by atoms with Crippen molar-refractivity contribution in [3.05, 3.63) is 0 Å². The van der Waals surface area contributed by atoms with Crippen LogP contribution in [0, 0.1) is 0 Å². The molecule has 0 bridgehead atoms. The zero-order valence-corrected chi connectivity index (χ0v) is 12.0. The molecule has 3 nitrogen and oxygen atoms in total. The molecule has 1 aliphatic rings. The van der Waals surface area contributed by atoms with Crippen molar-refractivity contribution < 1.29 is 9.53 Å². The summed E-state index contributed by atoms with van der Waals surface area (Å²) in [5, 5.41) is 3.02. The number of carbonyl (C=O) groups excluding carboxylic acids is 1. The van der Waals surface area contributed by atoms with E-state index >= 15 is 0 Å². The third kappa shape index (κ3) is 4.06. The highest BCUT2D eigenvalue weighted by Gasteiger charge is 2.39. The lowest BCUT2D eigenvalue weighted by atomic mass is 9.77. The summed E-state index contributed by atoms with van der Waals surface area (Å²) in [7, 11) is 1.70. The highest BCUT2D eigenvalue weighted by atomic mass is 79.9. The lowest BCUT2D eigenvalue weighted by molar-refractivity contribution is -0.134. The summed E-state index contributed by atoms with van der Waals surface area (Å²) in [6.45, 7) is 4.13. The van der Waals surface area contributed by atoms with Crippen molar-refractivity contribution in [2.45, 2.75) is 62.4 Å². The van der Waals surface area contributed by atoms with Gasteiger partial charge in [0.15, 0.2) is 0 Å². The number of ether oxygens (including phenoxy) is 1. The van der Waals surface area contributed by atoms with E-state index in [-0.39, 0.29) is 17.6 Å². The van der Waals surface area contributed by atoms with Crippen molar-refractivity contribution in [3.8, 4) is 0 Å². The number of methoxy groups -OCH3 is 1. The Bertz CT molecular complexity index is 234. The van der Waals surface area contributed by atoms with Gasteiger partial charge >= 0.3 is 0 Å². The fourth-order valence-electron chi connectivity index (χ4n) is 2.19. The van der Waals surface area contributed by atoms with Gasteiger partial charge in [-0.2, -0.15) is 0 Å². The van der Waals surface area contributed by atoms with Crippen LogP contribution in [0.5, 0.6) is 0 Å². The molecule has 1 N–H and O–H groups in total. The monoisotopic (exact) mass is 291 g/mol. The first-order valence-corrected chi connectivity index (χ1v) is 6.87. The maximum atomic E-state index is 11.8. The molecule has 0 aliphatic heterocycles. The van der Waals surface area contributed by atoms with Crippen molar-refractivity contribution >= 4 is 21.8 Å². The summed E-state index contributed by atoms with van der Waals surface area (Å²) in [5.74, 6) is 0.113. The lowest BCUT2D eigenvalue weighted by Crippen LogP contribution is -2.45. The van der Waals surface area contributed by atoms with Crippen LogP contribution in [0.25, 0.3) is 0 Å². The SMILES string of the molecule is COC1(CC(=O)NC(C)CC(C)Br)CCC1. The Kier molecular flexibility index (Phi) is 5.25. The zero-order valence-electron chi connectivity index (χ0n) is 10.4. The average molecular weight is 292 g/mol. The van der Waals surface area contributed by atoms with Crippen LogP contribution < -0.4 is 5.32 Å². The fourth-order valence-corrected chi connectivity index (χ4v) is 2.75. The van der Waals surface area contributed by atoms with Gasteiger partial charge in [0.1, 0.15) is 0 Å². The summed E-state index contributed by atoms with van der Waals surface area (Å²) in [4.78, 5) is 12.2. The van der Waals surface area contributed by atoms with Gasteiger partial charge in [-0.3, -0.25) is 4.79 Å². The van der Waals surface area contributed by atoms with Crippen molar-refractivity contribution in [3.63, 3.8) is 0 Å². The second-order valence-electron chi connectivity index (χ2n) is 4.90. The number of hydrogen-bond donors (Lipinski definition) is 1. The van der Waals surface area contributed by atoms with Crippen LogP contribution in [0.4, 0.5) is 0 Å². The number of alkyl halides is 1. The summed E-state index contributed by atoms with van der Waals surface area (Å²) in [6.07, 6.45) is 4.66. The van der Waals surface area contributed by atoms with Gasteiger partial charge in [0, 0.05) is 18.0 Å².